The molecule has 0 heterocycles. The van der Waals surface area contributed by atoms with Crippen molar-refractivity contribution in [2.45, 2.75) is 81.1 Å². The van der Waals surface area contributed by atoms with Crippen LogP contribution in [-0.4, -0.2) is 0 Å². The molecule has 0 spiro atoms. The van der Waals surface area contributed by atoms with Crippen LogP contribution in [0, 0.1) is 40.9 Å². The topological polar surface area (TPSA) is 0 Å². The molecular formula is C19H38. The summed E-state index contributed by atoms with van der Waals surface area (Å²) >= 11 is 0. The minimum Gasteiger partial charge on any atom is -0.0651 e. The first-order valence-corrected chi connectivity index (χ1v) is 8.79. The maximum absolute atomic E-state index is 2.56. The molecule has 0 amide bonds. The van der Waals surface area contributed by atoms with Gasteiger partial charge < -0.3 is 0 Å². The molecule has 0 aromatic rings. The summed E-state index contributed by atoms with van der Waals surface area (Å²) in [6, 6.07) is 0. The van der Waals surface area contributed by atoms with Gasteiger partial charge in [0.15, 0.2) is 0 Å². The van der Waals surface area contributed by atoms with Crippen molar-refractivity contribution >= 4 is 0 Å². The molecule has 114 valence electrons. The molecule has 1 aliphatic rings. The normalized spacial score (nSPS) is 38.1. The second-order valence-corrected chi connectivity index (χ2v) is 7.97. The van der Waals surface area contributed by atoms with Crippen molar-refractivity contribution in [2.24, 2.45) is 40.9 Å². The van der Waals surface area contributed by atoms with E-state index in [4.69, 9.17) is 0 Å². The van der Waals surface area contributed by atoms with E-state index in [1.165, 1.54) is 25.7 Å². The summed E-state index contributed by atoms with van der Waals surface area (Å²) in [5.74, 6) is 5.47. The predicted molar refractivity (Wildman–Crippen MR) is 87.2 cm³/mol. The number of hydrogen-bond acceptors (Lipinski definition) is 0. The van der Waals surface area contributed by atoms with Crippen LogP contribution in [0.4, 0.5) is 0 Å². The number of hydrogen-bond donors (Lipinski definition) is 0. The molecule has 0 heteroatoms. The van der Waals surface area contributed by atoms with Crippen LogP contribution in [-0.2, 0) is 0 Å². The van der Waals surface area contributed by atoms with Gasteiger partial charge in [-0.05, 0) is 53.8 Å². The Bertz CT molecular complexity index is 255. The summed E-state index contributed by atoms with van der Waals surface area (Å²) in [6.45, 7) is 19.5. The minimum atomic E-state index is 0.616. The van der Waals surface area contributed by atoms with Crippen LogP contribution in [0.5, 0.6) is 0 Å². The lowest BCUT2D eigenvalue weighted by Crippen LogP contribution is -2.52. The molecule has 19 heavy (non-hydrogen) atoms. The van der Waals surface area contributed by atoms with Crippen molar-refractivity contribution in [2.75, 3.05) is 0 Å². The molecular weight excluding hydrogens is 228 g/mol. The van der Waals surface area contributed by atoms with Gasteiger partial charge in [-0.15, -0.1) is 0 Å². The summed E-state index contributed by atoms with van der Waals surface area (Å²) in [7, 11) is 0. The van der Waals surface area contributed by atoms with Gasteiger partial charge in [-0.1, -0.05) is 68.2 Å². The van der Waals surface area contributed by atoms with E-state index in [9.17, 15) is 0 Å². The third kappa shape index (κ3) is 3.19. The van der Waals surface area contributed by atoms with Gasteiger partial charge in [-0.2, -0.15) is 0 Å². The Morgan fingerprint density at radius 1 is 1.00 bits per heavy atom. The smallest absolute Gasteiger partial charge is 0.0269 e. The van der Waals surface area contributed by atoms with Gasteiger partial charge in [0.25, 0.3) is 0 Å². The van der Waals surface area contributed by atoms with Gasteiger partial charge in [0, 0.05) is 0 Å². The van der Waals surface area contributed by atoms with Crippen LogP contribution in [0.3, 0.4) is 0 Å². The van der Waals surface area contributed by atoms with Crippen LogP contribution in [0.1, 0.15) is 81.1 Å². The van der Waals surface area contributed by atoms with Crippen LogP contribution in [0.2, 0.25) is 0 Å². The van der Waals surface area contributed by atoms with Crippen molar-refractivity contribution in [3.63, 3.8) is 0 Å². The van der Waals surface area contributed by atoms with E-state index in [2.05, 4.69) is 55.4 Å². The van der Waals surface area contributed by atoms with E-state index in [0.717, 1.165) is 35.5 Å². The first kappa shape index (κ1) is 17.1. The first-order valence-electron chi connectivity index (χ1n) is 8.79. The standard InChI is InChI=1S/C19H38/c1-9-17(14(5)13(3)4)11-12-19(8)15(6)18(10-2)16(19)7/h13-18H,9-12H2,1-8H3. The van der Waals surface area contributed by atoms with Gasteiger partial charge in [0.1, 0.15) is 0 Å². The van der Waals surface area contributed by atoms with E-state index < -0.39 is 0 Å². The predicted octanol–water partition coefficient (Wildman–Crippen LogP) is 6.40. The van der Waals surface area contributed by atoms with E-state index in [-0.39, 0.29) is 0 Å². The highest BCUT2D eigenvalue weighted by molar-refractivity contribution is 5.01. The fourth-order valence-electron chi connectivity index (χ4n) is 4.75. The van der Waals surface area contributed by atoms with Gasteiger partial charge >= 0.3 is 0 Å². The summed E-state index contributed by atoms with van der Waals surface area (Å²) in [5, 5.41) is 0. The third-order valence-corrected chi connectivity index (χ3v) is 7.21. The van der Waals surface area contributed by atoms with Crippen LogP contribution in [0.15, 0.2) is 0 Å². The third-order valence-electron chi connectivity index (χ3n) is 7.21. The van der Waals surface area contributed by atoms with Gasteiger partial charge in [-0.3, -0.25) is 0 Å². The molecule has 1 saturated carbocycles. The summed E-state index contributed by atoms with van der Waals surface area (Å²) in [6.07, 6.45) is 5.62. The second-order valence-electron chi connectivity index (χ2n) is 7.97. The largest absolute Gasteiger partial charge is 0.0651 e. The minimum absolute atomic E-state index is 0.616. The molecule has 1 fully saturated rings. The first-order chi connectivity index (χ1) is 8.79. The lowest BCUT2D eigenvalue weighted by Gasteiger charge is -2.59. The number of rotatable bonds is 7. The summed E-state index contributed by atoms with van der Waals surface area (Å²) < 4.78 is 0. The Morgan fingerprint density at radius 2 is 1.53 bits per heavy atom. The Labute approximate surface area is 122 Å². The zero-order valence-corrected chi connectivity index (χ0v) is 14.8. The van der Waals surface area contributed by atoms with Crippen molar-refractivity contribution in [3.8, 4) is 0 Å². The fraction of sp³-hybridized carbons (Fsp3) is 1.00. The SMILES string of the molecule is CCC(CCC1(C)C(C)C(CC)C1C)C(C)C(C)C. The maximum atomic E-state index is 2.56. The zero-order chi connectivity index (χ0) is 14.8. The second kappa shape index (κ2) is 6.64. The van der Waals surface area contributed by atoms with E-state index in [1.807, 2.05) is 0 Å². The zero-order valence-electron chi connectivity index (χ0n) is 14.8. The molecule has 0 aromatic heterocycles. The lowest BCUT2D eigenvalue weighted by molar-refractivity contribution is -0.102. The molecule has 0 aliphatic heterocycles. The molecule has 4 atom stereocenters. The molecule has 0 saturated heterocycles. The van der Waals surface area contributed by atoms with Crippen LogP contribution in [0.25, 0.3) is 0 Å². The molecule has 1 rings (SSSR count). The average Bonchev–Trinajstić information content (AvgIpc) is 2.39. The van der Waals surface area contributed by atoms with E-state index >= 15 is 0 Å². The summed E-state index contributed by atoms with van der Waals surface area (Å²) in [4.78, 5) is 0. The maximum Gasteiger partial charge on any atom is -0.0269 e. The van der Waals surface area contributed by atoms with E-state index in [0.29, 0.717) is 5.41 Å². The van der Waals surface area contributed by atoms with Crippen LogP contribution < -0.4 is 0 Å². The average molecular weight is 267 g/mol. The fourth-order valence-corrected chi connectivity index (χ4v) is 4.75. The van der Waals surface area contributed by atoms with Gasteiger partial charge in [0.05, 0.1) is 0 Å². The highest BCUT2D eigenvalue weighted by atomic mass is 14.6. The Balaban J connectivity index is 2.56. The molecule has 1 aliphatic carbocycles. The molecule has 0 bridgehead atoms. The van der Waals surface area contributed by atoms with Crippen molar-refractivity contribution in [3.05, 3.63) is 0 Å². The monoisotopic (exact) mass is 266 g/mol. The Morgan fingerprint density at radius 3 is 1.89 bits per heavy atom. The van der Waals surface area contributed by atoms with Gasteiger partial charge in [0.2, 0.25) is 0 Å². The summed E-state index contributed by atoms with van der Waals surface area (Å²) in [5.41, 5.74) is 0.616. The van der Waals surface area contributed by atoms with Crippen molar-refractivity contribution in [1.82, 2.24) is 0 Å². The van der Waals surface area contributed by atoms with Crippen molar-refractivity contribution in [1.29, 1.82) is 0 Å². The lowest BCUT2D eigenvalue weighted by atomic mass is 9.46. The highest BCUT2D eigenvalue weighted by Gasteiger charge is 2.52. The molecule has 0 radical (unpaired) electrons. The molecule has 4 unspecified atom stereocenters. The Kier molecular flexibility index (Phi) is 5.96. The van der Waals surface area contributed by atoms with Gasteiger partial charge in [-0.25, -0.2) is 0 Å². The molecule has 0 N–H and O–H groups in total. The quantitative estimate of drug-likeness (QED) is 0.500. The Hall–Kier alpha value is 0. The van der Waals surface area contributed by atoms with E-state index in [1.54, 1.807) is 0 Å². The molecule has 0 aromatic carbocycles. The molecule has 0 nitrogen and oxygen atoms in total. The van der Waals surface area contributed by atoms with Crippen LogP contribution >= 0.6 is 0 Å². The van der Waals surface area contributed by atoms with Crippen molar-refractivity contribution < 1.29 is 0 Å². The highest BCUT2D eigenvalue weighted by Crippen LogP contribution is 2.59.